The van der Waals surface area contributed by atoms with Crippen LogP contribution in [0.15, 0.2) is 36.4 Å². The first-order valence-electron chi connectivity index (χ1n) is 11.7. The zero-order valence-electron chi connectivity index (χ0n) is 18.9. The fourth-order valence-electron chi connectivity index (χ4n) is 6.87. The monoisotopic (exact) mass is 460 g/mol. The van der Waals surface area contributed by atoms with E-state index in [9.17, 15) is 24.5 Å². The van der Waals surface area contributed by atoms with Crippen molar-refractivity contribution in [3.63, 3.8) is 0 Å². The van der Waals surface area contributed by atoms with Gasteiger partial charge in [0, 0.05) is 23.4 Å². The molecule has 2 aromatic rings. The van der Waals surface area contributed by atoms with Gasteiger partial charge in [-0.2, -0.15) is 0 Å². The van der Waals surface area contributed by atoms with Gasteiger partial charge in [0.15, 0.2) is 0 Å². The molecule has 0 saturated carbocycles. The van der Waals surface area contributed by atoms with E-state index in [0.29, 0.717) is 6.54 Å². The number of imide groups is 1. The van der Waals surface area contributed by atoms with Crippen LogP contribution in [0.3, 0.4) is 0 Å². The molecule has 3 saturated heterocycles. The lowest BCUT2D eigenvalue weighted by Crippen LogP contribution is -2.54. The Morgan fingerprint density at radius 2 is 1.91 bits per heavy atom. The number of anilines is 2. The number of fused-ring (bicyclic) bond motifs is 7. The lowest BCUT2D eigenvalue weighted by Gasteiger charge is -2.36. The van der Waals surface area contributed by atoms with Crippen molar-refractivity contribution in [1.29, 1.82) is 0 Å². The maximum Gasteiger partial charge on any atom is 0.274 e. The average Bonchev–Trinajstić information content (AvgIpc) is 3.52. The molecule has 0 aromatic heterocycles. The number of rotatable bonds is 3. The van der Waals surface area contributed by atoms with Gasteiger partial charge in [-0.05, 0) is 44.4 Å². The number of para-hydroxylation sites is 1. The van der Waals surface area contributed by atoms with Crippen molar-refractivity contribution in [2.75, 3.05) is 16.8 Å². The summed E-state index contributed by atoms with van der Waals surface area (Å²) in [5.74, 6) is -2.65. The number of nitrogens with one attached hydrogen (secondary N) is 1. The maximum absolute atomic E-state index is 14.1. The first-order valence-corrected chi connectivity index (χ1v) is 11.7. The van der Waals surface area contributed by atoms with Crippen molar-refractivity contribution in [3.05, 3.63) is 63.2 Å². The van der Waals surface area contributed by atoms with E-state index in [2.05, 4.69) is 10.2 Å². The summed E-state index contributed by atoms with van der Waals surface area (Å²) >= 11 is 0. The van der Waals surface area contributed by atoms with E-state index >= 15 is 0 Å². The Bertz CT molecular complexity index is 1310. The molecular formula is C25H24N4O5. The molecule has 4 heterocycles. The maximum atomic E-state index is 14.1. The van der Waals surface area contributed by atoms with Crippen LogP contribution in [0.5, 0.6) is 0 Å². The molecule has 9 nitrogen and oxygen atoms in total. The summed E-state index contributed by atoms with van der Waals surface area (Å²) in [6.45, 7) is 4.20. The van der Waals surface area contributed by atoms with E-state index in [0.717, 1.165) is 41.0 Å². The lowest BCUT2D eigenvalue weighted by atomic mass is 9.75. The second-order valence-electron chi connectivity index (χ2n) is 9.51. The highest BCUT2D eigenvalue weighted by Gasteiger charge is 2.74. The molecule has 4 aliphatic rings. The van der Waals surface area contributed by atoms with Gasteiger partial charge < -0.3 is 5.32 Å². The summed E-state index contributed by atoms with van der Waals surface area (Å²) < 4.78 is 0. The van der Waals surface area contributed by atoms with E-state index in [1.807, 2.05) is 25.1 Å². The Balaban J connectivity index is 1.56. The SMILES string of the molecule is CCc1cccc2c1NC(=O)[C@@]21[C@@H]2C(=O)N(c3cccc([N+](=O)[O-])c3C)C(=O)[C@H]2[C@H]2CCCN21. The van der Waals surface area contributed by atoms with Gasteiger partial charge in [0.2, 0.25) is 17.7 Å². The number of nitro benzene ring substituents is 1. The van der Waals surface area contributed by atoms with E-state index < -0.39 is 28.2 Å². The van der Waals surface area contributed by atoms with E-state index in [1.54, 1.807) is 13.0 Å². The molecular weight excluding hydrogens is 436 g/mol. The van der Waals surface area contributed by atoms with Crippen LogP contribution in [0.4, 0.5) is 17.1 Å². The fourth-order valence-corrected chi connectivity index (χ4v) is 6.87. The minimum Gasteiger partial charge on any atom is -0.324 e. The molecule has 0 unspecified atom stereocenters. The number of aryl methyl sites for hydroxylation is 1. The molecule has 6 rings (SSSR count). The van der Waals surface area contributed by atoms with Crippen LogP contribution >= 0.6 is 0 Å². The normalized spacial score (nSPS) is 29.5. The van der Waals surface area contributed by atoms with Gasteiger partial charge in [0.1, 0.15) is 5.54 Å². The van der Waals surface area contributed by atoms with Crippen LogP contribution in [-0.2, 0) is 26.3 Å². The van der Waals surface area contributed by atoms with Crippen molar-refractivity contribution >= 4 is 34.8 Å². The lowest BCUT2D eigenvalue weighted by molar-refractivity contribution is -0.385. The Hall–Kier alpha value is -3.59. The van der Waals surface area contributed by atoms with Gasteiger partial charge in [-0.1, -0.05) is 31.2 Å². The van der Waals surface area contributed by atoms with Crippen molar-refractivity contribution in [1.82, 2.24) is 4.90 Å². The number of hydrogen-bond acceptors (Lipinski definition) is 6. The number of benzene rings is 2. The molecule has 174 valence electrons. The second kappa shape index (κ2) is 6.96. The van der Waals surface area contributed by atoms with Gasteiger partial charge in [0.05, 0.1) is 28.0 Å². The first kappa shape index (κ1) is 21.0. The number of nitro groups is 1. The summed E-state index contributed by atoms with van der Waals surface area (Å²) in [4.78, 5) is 55.8. The van der Waals surface area contributed by atoms with E-state index in [1.165, 1.54) is 12.1 Å². The van der Waals surface area contributed by atoms with Crippen LogP contribution < -0.4 is 10.2 Å². The third-order valence-electron chi connectivity index (χ3n) is 8.21. The smallest absolute Gasteiger partial charge is 0.274 e. The molecule has 0 aliphatic carbocycles. The van der Waals surface area contributed by atoms with Crippen LogP contribution in [0, 0.1) is 28.9 Å². The summed E-state index contributed by atoms with van der Waals surface area (Å²) in [7, 11) is 0. The molecule has 4 aliphatic heterocycles. The van der Waals surface area contributed by atoms with Crippen molar-refractivity contribution < 1.29 is 19.3 Å². The van der Waals surface area contributed by atoms with Crippen LogP contribution in [0.25, 0.3) is 0 Å². The summed E-state index contributed by atoms with van der Waals surface area (Å²) in [5, 5.41) is 14.5. The highest BCUT2D eigenvalue weighted by atomic mass is 16.6. The van der Waals surface area contributed by atoms with Crippen LogP contribution in [0.2, 0.25) is 0 Å². The highest BCUT2D eigenvalue weighted by molar-refractivity contribution is 6.26. The molecule has 0 bridgehead atoms. The molecule has 9 heteroatoms. The first-order chi connectivity index (χ1) is 16.3. The summed E-state index contributed by atoms with van der Waals surface area (Å²) in [6, 6.07) is 9.94. The van der Waals surface area contributed by atoms with Crippen molar-refractivity contribution in [2.24, 2.45) is 11.8 Å². The minimum atomic E-state index is -1.25. The third kappa shape index (κ3) is 2.30. The largest absolute Gasteiger partial charge is 0.324 e. The molecule has 1 N–H and O–H groups in total. The van der Waals surface area contributed by atoms with Gasteiger partial charge in [0.25, 0.3) is 5.69 Å². The van der Waals surface area contributed by atoms with Crippen LogP contribution in [0.1, 0.15) is 36.5 Å². The second-order valence-corrected chi connectivity index (χ2v) is 9.51. The zero-order valence-corrected chi connectivity index (χ0v) is 18.9. The Labute approximate surface area is 195 Å². The average molecular weight is 460 g/mol. The highest BCUT2D eigenvalue weighted by Crippen LogP contribution is 2.61. The quantitative estimate of drug-likeness (QED) is 0.428. The number of nitrogens with zero attached hydrogens (tertiary/aromatic N) is 3. The topological polar surface area (TPSA) is 113 Å². The third-order valence-corrected chi connectivity index (χ3v) is 8.21. The van der Waals surface area contributed by atoms with Crippen molar-refractivity contribution in [3.8, 4) is 0 Å². The number of carbonyl (C=O) groups excluding carboxylic acids is 3. The number of amides is 3. The van der Waals surface area contributed by atoms with Gasteiger partial charge >= 0.3 is 0 Å². The standard InChI is InChI=1S/C25H24N4O5/c1-3-14-7-4-8-15-21(14)26-24(32)25(15)20-19(18-11-6-12-27(18)25)22(30)28(23(20)31)16-9-5-10-17(13(16)2)29(33)34/h4-5,7-10,18-20H,3,6,11-12H2,1-2H3,(H,26,32)/t18-,19+,20+,25+/m1/s1. The van der Waals surface area contributed by atoms with Crippen LogP contribution in [-0.4, -0.2) is 40.1 Å². The molecule has 4 atom stereocenters. The summed E-state index contributed by atoms with van der Waals surface area (Å²) in [6.07, 6.45) is 2.28. The molecule has 2 aromatic carbocycles. The minimum absolute atomic E-state index is 0.149. The van der Waals surface area contributed by atoms with Gasteiger partial charge in [-0.25, -0.2) is 4.90 Å². The number of hydrogen-bond donors (Lipinski definition) is 1. The Morgan fingerprint density at radius 1 is 1.15 bits per heavy atom. The molecule has 1 spiro atoms. The van der Waals surface area contributed by atoms with Crippen molar-refractivity contribution in [2.45, 2.75) is 44.7 Å². The number of carbonyl (C=O) groups is 3. The molecule has 3 fully saturated rings. The molecule has 3 amide bonds. The van der Waals surface area contributed by atoms with E-state index in [-0.39, 0.29) is 34.8 Å². The Morgan fingerprint density at radius 3 is 2.65 bits per heavy atom. The fraction of sp³-hybridized carbons (Fsp3) is 0.400. The van der Waals surface area contributed by atoms with Gasteiger partial charge in [-0.15, -0.1) is 0 Å². The molecule has 0 radical (unpaired) electrons. The Kier molecular flexibility index (Phi) is 4.29. The predicted octanol–water partition coefficient (Wildman–Crippen LogP) is 2.90. The predicted molar refractivity (Wildman–Crippen MR) is 123 cm³/mol. The molecule has 34 heavy (non-hydrogen) atoms. The van der Waals surface area contributed by atoms with Gasteiger partial charge in [-0.3, -0.25) is 29.4 Å². The zero-order chi connectivity index (χ0) is 23.9. The summed E-state index contributed by atoms with van der Waals surface area (Å²) in [5.41, 5.74) is 1.58. The van der Waals surface area contributed by atoms with E-state index in [4.69, 9.17) is 0 Å².